The molecule has 0 radical (unpaired) electrons. The summed E-state index contributed by atoms with van der Waals surface area (Å²) in [6.07, 6.45) is 4.90. The summed E-state index contributed by atoms with van der Waals surface area (Å²) in [6.45, 7) is 3.99. The summed E-state index contributed by atoms with van der Waals surface area (Å²) in [5, 5.41) is 13.2. The molecule has 0 spiro atoms. The van der Waals surface area contributed by atoms with Gasteiger partial charge in [-0.1, -0.05) is 54.6 Å². The van der Waals surface area contributed by atoms with E-state index in [1.54, 1.807) is 0 Å². The van der Waals surface area contributed by atoms with Gasteiger partial charge in [-0.05, 0) is 61.1 Å². The first-order chi connectivity index (χ1) is 18.4. The molecule has 0 atom stereocenters. The molecule has 0 fully saturated rings. The third-order valence-electron chi connectivity index (χ3n) is 7.37. The van der Waals surface area contributed by atoms with Crippen LogP contribution in [0.1, 0.15) is 27.2 Å². The summed E-state index contributed by atoms with van der Waals surface area (Å²) < 4.78 is 4.43. The first-order valence-electron chi connectivity index (χ1n) is 12.9. The Kier molecular flexibility index (Phi) is 5.97. The van der Waals surface area contributed by atoms with Crippen molar-refractivity contribution in [3.63, 3.8) is 0 Å². The number of aromatic nitrogens is 3. The van der Waals surface area contributed by atoms with E-state index in [0.29, 0.717) is 17.7 Å². The van der Waals surface area contributed by atoms with E-state index < -0.39 is 5.97 Å². The van der Waals surface area contributed by atoms with Gasteiger partial charge in [-0.15, -0.1) is 0 Å². The standard InChI is InChI=1S/C32H30N4O2/c1-21-9-8-12-26-29(21)23(20-35(26)18-17-34(2)3)19-27-31(33-28-13-6-7-16-36(27)28)25-15-14-22-10-4-5-11-24(22)30(25)32(37)38/h4-16,20H,17-19H2,1-3H3,(H,37,38). The van der Waals surface area contributed by atoms with Crippen LogP contribution < -0.4 is 0 Å². The summed E-state index contributed by atoms with van der Waals surface area (Å²) in [5.41, 5.74) is 7.08. The minimum absolute atomic E-state index is 0.289. The molecule has 6 nitrogen and oxygen atoms in total. The molecule has 0 bridgehead atoms. The van der Waals surface area contributed by atoms with Gasteiger partial charge < -0.3 is 19.0 Å². The minimum Gasteiger partial charge on any atom is -0.478 e. The molecule has 0 unspecified atom stereocenters. The summed E-state index contributed by atoms with van der Waals surface area (Å²) in [5.74, 6) is -0.948. The van der Waals surface area contributed by atoms with E-state index in [4.69, 9.17) is 4.98 Å². The van der Waals surface area contributed by atoms with E-state index in [2.05, 4.69) is 59.3 Å². The van der Waals surface area contributed by atoms with Crippen molar-refractivity contribution in [1.82, 2.24) is 18.9 Å². The number of carbonyl (C=O) groups is 1. The van der Waals surface area contributed by atoms with Gasteiger partial charge in [0.15, 0.2) is 0 Å². The smallest absolute Gasteiger partial charge is 0.337 e. The van der Waals surface area contributed by atoms with Gasteiger partial charge in [0.2, 0.25) is 0 Å². The third kappa shape index (κ3) is 4.03. The van der Waals surface area contributed by atoms with E-state index in [-0.39, 0.29) is 5.56 Å². The highest BCUT2D eigenvalue weighted by atomic mass is 16.4. The predicted molar refractivity (Wildman–Crippen MR) is 153 cm³/mol. The fourth-order valence-electron chi connectivity index (χ4n) is 5.57. The molecule has 0 aliphatic rings. The van der Waals surface area contributed by atoms with Crippen molar-refractivity contribution < 1.29 is 9.90 Å². The van der Waals surface area contributed by atoms with Crippen molar-refractivity contribution in [2.45, 2.75) is 19.9 Å². The van der Waals surface area contributed by atoms with Crippen molar-refractivity contribution in [2.24, 2.45) is 0 Å². The molecular formula is C32H30N4O2. The van der Waals surface area contributed by atoms with Gasteiger partial charge in [0.1, 0.15) is 5.65 Å². The molecule has 38 heavy (non-hydrogen) atoms. The van der Waals surface area contributed by atoms with Gasteiger partial charge in [0.05, 0.1) is 17.0 Å². The molecule has 6 heteroatoms. The number of aromatic carboxylic acids is 1. The molecular weight excluding hydrogens is 472 g/mol. The second-order valence-corrected chi connectivity index (χ2v) is 10.1. The van der Waals surface area contributed by atoms with Crippen LogP contribution in [0.3, 0.4) is 0 Å². The van der Waals surface area contributed by atoms with Gasteiger partial charge in [0, 0.05) is 48.4 Å². The maximum Gasteiger partial charge on any atom is 0.337 e. The Morgan fingerprint density at radius 3 is 2.61 bits per heavy atom. The Morgan fingerprint density at radius 1 is 0.974 bits per heavy atom. The van der Waals surface area contributed by atoms with Gasteiger partial charge in [-0.25, -0.2) is 9.78 Å². The van der Waals surface area contributed by atoms with Gasteiger partial charge >= 0.3 is 5.97 Å². The number of hydrogen-bond acceptors (Lipinski definition) is 3. The molecule has 0 aliphatic carbocycles. The number of aryl methyl sites for hydroxylation is 1. The number of imidazole rings is 1. The zero-order valence-electron chi connectivity index (χ0n) is 21.8. The van der Waals surface area contributed by atoms with Crippen LogP contribution in [0.4, 0.5) is 0 Å². The maximum absolute atomic E-state index is 12.6. The molecule has 0 saturated heterocycles. The number of benzene rings is 3. The van der Waals surface area contributed by atoms with E-state index in [1.165, 1.54) is 22.0 Å². The second-order valence-electron chi connectivity index (χ2n) is 10.1. The highest BCUT2D eigenvalue weighted by Crippen LogP contribution is 2.35. The normalized spacial score (nSPS) is 11.8. The topological polar surface area (TPSA) is 62.8 Å². The average molecular weight is 503 g/mol. The van der Waals surface area contributed by atoms with Crippen LogP contribution in [-0.4, -0.2) is 50.6 Å². The molecule has 190 valence electrons. The lowest BCUT2D eigenvalue weighted by Crippen LogP contribution is -2.17. The molecule has 1 N–H and O–H groups in total. The van der Waals surface area contributed by atoms with E-state index in [0.717, 1.165) is 35.2 Å². The molecule has 6 rings (SSSR count). The highest BCUT2D eigenvalue weighted by Gasteiger charge is 2.23. The number of carboxylic acids is 1. The second kappa shape index (κ2) is 9.47. The van der Waals surface area contributed by atoms with Crippen LogP contribution in [0.25, 0.3) is 38.6 Å². The van der Waals surface area contributed by atoms with Gasteiger partial charge in [0.25, 0.3) is 0 Å². The van der Waals surface area contributed by atoms with Gasteiger partial charge in [-0.2, -0.15) is 0 Å². The van der Waals surface area contributed by atoms with Crippen LogP contribution in [0.2, 0.25) is 0 Å². The van der Waals surface area contributed by atoms with Crippen LogP contribution in [0.15, 0.2) is 85.2 Å². The number of nitrogens with zero attached hydrogens (tertiary/aromatic N) is 4. The zero-order chi connectivity index (χ0) is 26.4. The quantitative estimate of drug-likeness (QED) is 0.280. The van der Waals surface area contributed by atoms with Crippen LogP contribution in [-0.2, 0) is 13.0 Å². The van der Waals surface area contributed by atoms with E-state index in [9.17, 15) is 9.90 Å². The molecule has 0 saturated carbocycles. The van der Waals surface area contributed by atoms with Crippen molar-refractivity contribution in [1.29, 1.82) is 0 Å². The molecule has 6 aromatic rings. The molecule has 0 aliphatic heterocycles. The molecule has 3 heterocycles. The predicted octanol–water partition coefficient (Wildman–Crippen LogP) is 6.27. The highest BCUT2D eigenvalue weighted by molar-refractivity contribution is 6.09. The Morgan fingerprint density at radius 2 is 1.79 bits per heavy atom. The average Bonchev–Trinajstić information content (AvgIpc) is 3.46. The summed E-state index contributed by atoms with van der Waals surface area (Å²) in [4.78, 5) is 19.8. The Labute approximate surface area is 221 Å². The Balaban J connectivity index is 1.58. The number of pyridine rings is 1. The van der Waals surface area contributed by atoms with Gasteiger partial charge in [-0.3, -0.25) is 0 Å². The van der Waals surface area contributed by atoms with Crippen LogP contribution >= 0.6 is 0 Å². The first-order valence-corrected chi connectivity index (χ1v) is 12.9. The number of rotatable bonds is 7. The number of likely N-dealkylation sites (N-methyl/N-ethyl adjacent to an activating group) is 1. The fourth-order valence-corrected chi connectivity index (χ4v) is 5.57. The Hall–Kier alpha value is -4.42. The summed E-state index contributed by atoms with van der Waals surface area (Å²) in [7, 11) is 4.18. The number of carboxylic acid groups (broad SMARTS) is 1. The van der Waals surface area contributed by atoms with Crippen molar-refractivity contribution >= 4 is 33.3 Å². The van der Waals surface area contributed by atoms with E-state index >= 15 is 0 Å². The molecule has 3 aromatic heterocycles. The summed E-state index contributed by atoms with van der Waals surface area (Å²) >= 11 is 0. The van der Waals surface area contributed by atoms with Crippen molar-refractivity contribution in [2.75, 3.05) is 20.6 Å². The number of hydrogen-bond donors (Lipinski definition) is 1. The third-order valence-corrected chi connectivity index (χ3v) is 7.37. The fraction of sp³-hybridized carbons (Fsp3) is 0.188. The first kappa shape index (κ1) is 23.9. The van der Waals surface area contributed by atoms with Crippen LogP contribution in [0.5, 0.6) is 0 Å². The lowest BCUT2D eigenvalue weighted by atomic mass is 9.94. The minimum atomic E-state index is -0.948. The SMILES string of the molecule is Cc1cccc2c1c(Cc1c(-c3ccc4ccccc4c3C(=O)O)nc3ccccn13)cn2CCN(C)C. The zero-order valence-corrected chi connectivity index (χ0v) is 21.8. The lowest BCUT2D eigenvalue weighted by Gasteiger charge is -2.11. The Bertz CT molecular complexity index is 1830. The van der Waals surface area contributed by atoms with Crippen molar-refractivity contribution in [3.05, 3.63) is 108 Å². The summed E-state index contributed by atoms with van der Waals surface area (Å²) in [6, 6.07) is 23.9. The molecule has 3 aromatic carbocycles. The molecule has 0 amide bonds. The maximum atomic E-state index is 12.6. The van der Waals surface area contributed by atoms with E-state index in [1.807, 2.05) is 60.8 Å². The number of fused-ring (bicyclic) bond motifs is 3. The largest absolute Gasteiger partial charge is 0.478 e. The van der Waals surface area contributed by atoms with Crippen molar-refractivity contribution in [3.8, 4) is 11.3 Å². The lowest BCUT2D eigenvalue weighted by molar-refractivity contribution is 0.0700. The van der Waals surface area contributed by atoms with Crippen LogP contribution in [0, 0.1) is 6.92 Å². The monoisotopic (exact) mass is 502 g/mol.